The first-order valence-corrected chi connectivity index (χ1v) is 7.39. The van der Waals surface area contributed by atoms with Crippen LogP contribution < -0.4 is 11.1 Å². The summed E-state index contributed by atoms with van der Waals surface area (Å²) in [7, 11) is 0. The van der Waals surface area contributed by atoms with Crippen LogP contribution in [0.15, 0.2) is 24.3 Å². The molecule has 0 spiro atoms. The maximum absolute atomic E-state index is 11.9. The summed E-state index contributed by atoms with van der Waals surface area (Å²) in [5.41, 5.74) is 7.37. The zero-order valence-corrected chi connectivity index (χ0v) is 13.3. The van der Waals surface area contributed by atoms with Gasteiger partial charge in [-0.2, -0.15) is 0 Å². The van der Waals surface area contributed by atoms with E-state index in [1.54, 1.807) is 0 Å². The summed E-state index contributed by atoms with van der Waals surface area (Å²) in [6, 6.07) is 7.56. The number of carbonyl (C=O) groups excluding carboxylic acids is 1. The van der Waals surface area contributed by atoms with E-state index in [0.29, 0.717) is 12.5 Å². The van der Waals surface area contributed by atoms with E-state index < -0.39 is 0 Å². The van der Waals surface area contributed by atoms with Crippen LogP contribution in [0, 0.1) is 5.92 Å². The summed E-state index contributed by atoms with van der Waals surface area (Å²) < 4.78 is 5.74. The normalized spacial score (nSPS) is 21.4. The lowest BCUT2D eigenvalue weighted by atomic mass is 9.88. The molecule has 0 aromatic heterocycles. The zero-order valence-electron chi connectivity index (χ0n) is 12.5. The molecule has 1 aromatic rings. The number of halogens is 1. The van der Waals surface area contributed by atoms with Gasteiger partial charge in [0.15, 0.2) is 0 Å². The predicted octanol–water partition coefficient (Wildman–Crippen LogP) is 3.10. The quantitative estimate of drug-likeness (QED) is 0.878. The Morgan fingerprint density at radius 1 is 1.29 bits per heavy atom. The zero-order chi connectivity index (χ0) is 14.4. The van der Waals surface area contributed by atoms with E-state index in [9.17, 15) is 4.79 Å². The topological polar surface area (TPSA) is 64.3 Å². The standard InChI is InChI=1S/C16H24N2O2.ClH/c1-12-4-2-3-5-15(12)20-11-16(19)18-14-8-6-13(10-17)7-9-14;/h6-9,12,15H,2-5,10-11,17H2,1H3,(H,18,19);1H. The van der Waals surface area contributed by atoms with Crippen molar-refractivity contribution < 1.29 is 9.53 Å². The molecule has 1 aliphatic rings. The van der Waals surface area contributed by atoms with Gasteiger partial charge >= 0.3 is 0 Å². The van der Waals surface area contributed by atoms with Crippen molar-refractivity contribution in [2.45, 2.75) is 45.3 Å². The van der Waals surface area contributed by atoms with Crippen molar-refractivity contribution >= 4 is 24.0 Å². The van der Waals surface area contributed by atoms with Gasteiger partial charge in [0.05, 0.1) is 6.10 Å². The molecule has 5 heteroatoms. The van der Waals surface area contributed by atoms with Gasteiger partial charge in [-0.05, 0) is 36.5 Å². The Morgan fingerprint density at radius 2 is 1.95 bits per heavy atom. The van der Waals surface area contributed by atoms with Crippen LogP contribution in [0.4, 0.5) is 5.69 Å². The molecule has 2 rings (SSSR count). The molecule has 1 saturated carbocycles. The molecule has 0 aliphatic heterocycles. The molecule has 1 aromatic carbocycles. The van der Waals surface area contributed by atoms with Crippen LogP contribution >= 0.6 is 12.4 Å². The van der Waals surface area contributed by atoms with Crippen molar-refractivity contribution in [3.05, 3.63) is 29.8 Å². The molecule has 1 aliphatic carbocycles. The average Bonchev–Trinajstić information content (AvgIpc) is 2.47. The number of benzene rings is 1. The number of amides is 1. The SMILES string of the molecule is CC1CCCCC1OCC(=O)Nc1ccc(CN)cc1.Cl. The van der Waals surface area contributed by atoms with E-state index in [-0.39, 0.29) is 31.0 Å². The number of carbonyl (C=O) groups is 1. The van der Waals surface area contributed by atoms with Crippen molar-refractivity contribution in [3.8, 4) is 0 Å². The highest BCUT2D eigenvalue weighted by Gasteiger charge is 2.22. The minimum absolute atomic E-state index is 0. The van der Waals surface area contributed by atoms with Crippen LogP contribution in [0.3, 0.4) is 0 Å². The lowest BCUT2D eigenvalue weighted by Crippen LogP contribution is -2.29. The molecule has 1 fully saturated rings. The molecule has 2 atom stereocenters. The van der Waals surface area contributed by atoms with Crippen LogP contribution in [0.2, 0.25) is 0 Å². The Bertz CT molecular complexity index is 436. The average molecular weight is 313 g/mol. The van der Waals surface area contributed by atoms with E-state index >= 15 is 0 Å². The second-order valence-corrected chi connectivity index (χ2v) is 5.56. The molecule has 1 amide bonds. The van der Waals surface area contributed by atoms with Gasteiger partial charge in [0.1, 0.15) is 6.61 Å². The summed E-state index contributed by atoms with van der Waals surface area (Å²) in [6.07, 6.45) is 4.98. The van der Waals surface area contributed by atoms with Gasteiger partial charge in [-0.3, -0.25) is 4.79 Å². The Kier molecular flexibility index (Phi) is 7.72. The van der Waals surface area contributed by atoms with Gasteiger partial charge in [0, 0.05) is 12.2 Å². The van der Waals surface area contributed by atoms with Crippen molar-refractivity contribution in [1.29, 1.82) is 0 Å². The van der Waals surface area contributed by atoms with Crippen LogP contribution in [0.5, 0.6) is 0 Å². The first-order chi connectivity index (χ1) is 9.69. The Morgan fingerprint density at radius 3 is 2.57 bits per heavy atom. The minimum atomic E-state index is -0.0942. The molecule has 0 bridgehead atoms. The highest BCUT2D eigenvalue weighted by molar-refractivity contribution is 5.91. The third-order valence-electron chi connectivity index (χ3n) is 3.93. The second-order valence-electron chi connectivity index (χ2n) is 5.56. The van der Waals surface area contributed by atoms with Crippen molar-refractivity contribution in [1.82, 2.24) is 0 Å². The molecule has 118 valence electrons. The van der Waals surface area contributed by atoms with Crippen LogP contribution in [-0.2, 0) is 16.1 Å². The lowest BCUT2D eigenvalue weighted by molar-refractivity contribution is -0.124. The van der Waals surface area contributed by atoms with E-state index in [1.807, 2.05) is 24.3 Å². The molecular weight excluding hydrogens is 288 g/mol. The number of nitrogens with two attached hydrogens (primary N) is 1. The number of hydrogen-bond donors (Lipinski definition) is 2. The maximum Gasteiger partial charge on any atom is 0.250 e. The van der Waals surface area contributed by atoms with Gasteiger partial charge < -0.3 is 15.8 Å². The second kappa shape index (κ2) is 9.03. The first-order valence-electron chi connectivity index (χ1n) is 7.39. The maximum atomic E-state index is 11.9. The fraction of sp³-hybridized carbons (Fsp3) is 0.562. The van der Waals surface area contributed by atoms with Gasteiger partial charge in [0.25, 0.3) is 0 Å². The molecule has 0 saturated heterocycles. The minimum Gasteiger partial charge on any atom is -0.368 e. The fourth-order valence-electron chi connectivity index (χ4n) is 2.63. The number of ether oxygens (including phenoxy) is 1. The lowest BCUT2D eigenvalue weighted by Gasteiger charge is -2.28. The van der Waals surface area contributed by atoms with Crippen LogP contribution in [0.1, 0.15) is 38.2 Å². The monoisotopic (exact) mass is 312 g/mol. The van der Waals surface area contributed by atoms with Gasteiger partial charge in [-0.1, -0.05) is 31.9 Å². The molecule has 0 heterocycles. The Hall–Kier alpha value is -1.10. The van der Waals surface area contributed by atoms with Crippen molar-refractivity contribution in [2.24, 2.45) is 11.7 Å². The van der Waals surface area contributed by atoms with Crippen molar-refractivity contribution in [2.75, 3.05) is 11.9 Å². The fourth-order valence-corrected chi connectivity index (χ4v) is 2.63. The summed E-state index contributed by atoms with van der Waals surface area (Å²) in [5.74, 6) is 0.462. The molecule has 21 heavy (non-hydrogen) atoms. The highest BCUT2D eigenvalue weighted by atomic mass is 35.5. The molecule has 0 radical (unpaired) electrons. The molecule has 4 nitrogen and oxygen atoms in total. The molecule has 2 unspecified atom stereocenters. The number of anilines is 1. The molecule has 3 N–H and O–H groups in total. The number of nitrogens with one attached hydrogen (secondary N) is 1. The van der Waals surface area contributed by atoms with Gasteiger partial charge in [-0.25, -0.2) is 0 Å². The van der Waals surface area contributed by atoms with Gasteiger partial charge in [-0.15, -0.1) is 12.4 Å². The smallest absolute Gasteiger partial charge is 0.250 e. The molecular formula is C16H25ClN2O2. The first kappa shape index (κ1) is 18.0. The highest BCUT2D eigenvalue weighted by Crippen LogP contribution is 2.26. The van der Waals surface area contributed by atoms with E-state index in [0.717, 1.165) is 17.7 Å². The largest absolute Gasteiger partial charge is 0.368 e. The number of rotatable bonds is 5. The summed E-state index contributed by atoms with van der Waals surface area (Å²) in [4.78, 5) is 11.9. The van der Waals surface area contributed by atoms with Gasteiger partial charge in [0.2, 0.25) is 5.91 Å². The van der Waals surface area contributed by atoms with Crippen LogP contribution in [0.25, 0.3) is 0 Å². The summed E-state index contributed by atoms with van der Waals surface area (Å²) >= 11 is 0. The van der Waals surface area contributed by atoms with Crippen molar-refractivity contribution in [3.63, 3.8) is 0 Å². The third kappa shape index (κ3) is 5.65. The predicted molar refractivity (Wildman–Crippen MR) is 87.6 cm³/mol. The number of hydrogen-bond acceptors (Lipinski definition) is 3. The van der Waals surface area contributed by atoms with Crippen LogP contribution in [-0.4, -0.2) is 18.6 Å². The Balaban J connectivity index is 0.00000220. The summed E-state index contributed by atoms with van der Waals surface area (Å²) in [5, 5.41) is 2.84. The summed E-state index contributed by atoms with van der Waals surface area (Å²) in [6.45, 7) is 2.85. The van der Waals surface area contributed by atoms with E-state index in [4.69, 9.17) is 10.5 Å². The van der Waals surface area contributed by atoms with E-state index in [1.165, 1.54) is 19.3 Å². The Labute approximate surface area is 132 Å². The van der Waals surface area contributed by atoms with E-state index in [2.05, 4.69) is 12.2 Å². The third-order valence-corrected chi connectivity index (χ3v) is 3.93.